The highest BCUT2D eigenvalue weighted by molar-refractivity contribution is 5.00. The van der Waals surface area contributed by atoms with E-state index in [1.165, 1.54) is 6.42 Å². The van der Waals surface area contributed by atoms with Crippen LogP contribution in [0.3, 0.4) is 0 Å². The van der Waals surface area contributed by atoms with Crippen LogP contribution in [0.15, 0.2) is 0 Å². The number of hydrogen-bond donors (Lipinski definition) is 2. The molecule has 2 rings (SSSR count). The van der Waals surface area contributed by atoms with Crippen LogP contribution in [0.4, 0.5) is 0 Å². The van der Waals surface area contributed by atoms with Crippen LogP contribution in [0.2, 0.25) is 0 Å². The summed E-state index contributed by atoms with van der Waals surface area (Å²) in [5.41, 5.74) is 5.26. The summed E-state index contributed by atoms with van der Waals surface area (Å²) in [6.07, 6.45) is 3.40. The van der Waals surface area contributed by atoms with Crippen molar-refractivity contribution in [3.8, 4) is 0 Å². The maximum Gasteiger partial charge on any atom is 0.113 e. The van der Waals surface area contributed by atoms with Crippen LogP contribution in [0.5, 0.6) is 0 Å². The number of aliphatic hydroxyl groups is 1. The first-order valence-electron chi connectivity index (χ1n) is 5.34. The fourth-order valence-electron chi connectivity index (χ4n) is 2.65. The zero-order chi connectivity index (χ0) is 10.2. The van der Waals surface area contributed by atoms with Crippen molar-refractivity contribution in [1.29, 1.82) is 0 Å². The van der Waals surface area contributed by atoms with E-state index in [1.54, 1.807) is 7.11 Å². The molecule has 82 valence electrons. The minimum atomic E-state index is -0.596. The molecule has 1 heterocycles. The van der Waals surface area contributed by atoms with Crippen LogP contribution in [-0.4, -0.2) is 54.5 Å². The number of β-amino-alcohol motifs (C(OH)–C–C–N with tert-alkyl or cyclic N) is 1. The molecule has 3 N–H and O–H groups in total. The molecule has 2 aliphatic rings. The molecule has 0 amide bonds. The van der Waals surface area contributed by atoms with Gasteiger partial charge in [0.05, 0.1) is 6.61 Å². The number of nitrogens with zero attached hydrogens (tertiary/aromatic N) is 1. The SMILES string of the molecule is COCC1(O)CN(C2CCC(N)C2)C1. The lowest BCUT2D eigenvalue weighted by Gasteiger charge is -2.49. The van der Waals surface area contributed by atoms with Crippen molar-refractivity contribution in [2.24, 2.45) is 5.73 Å². The van der Waals surface area contributed by atoms with Crippen LogP contribution in [-0.2, 0) is 4.74 Å². The Morgan fingerprint density at radius 3 is 2.71 bits per heavy atom. The Hall–Kier alpha value is -0.160. The third-order valence-corrected chi connectivity index (χ3v) is 3.37. The first kappa shape index (κ1) is 10.4. The molecule has 4 heteroatoms. The lowest BCUT2D eigenvalue weighted by atomic mass is 9.92. The Morgan fingerprint density at radius 2 is 2.21 bits per heavy atom. The minimum Gasteiger partial charge on any atom is -0.385 e. The Kier molecular flexibility index (Phi) is 2.79. The highest BCUT2D eigenvalue weighted by atomic mass is 16.5. The van der Waals surface area contributed by atoms with Crippen molar-refractivity contribution in [2.75, 3.05) is 26.8 Å². The molecule has 2 fully saturated rings. The predicted molar refractivity (Wildman–Crippen MR) is 54.0 cm³/mol. The van der Waals surface area contributed by atoms with Crippen molar-refractivity contribution in [3.05, 3.63) is 0 Å². The van der Waals surface area contributed by atoms with Gasteiger partial charge in [-0.1, -0.05) is 0 Å². The summed E-state index contributed by atoms with van der Waals surface area (Å²) in [4.78, 5) is 2.33. The summed E-state index contributed by atoms with van der Waals surface area (Å²) in [5.74, 6) is 0. The monoisotopic (exact) mass is 200 g/mol. The second-order valence-corrected chi connectivity index (χ2v) is 4.79. The summed E-state index contributed by atoms with van der Waals surface area (Å²) < 4.78 is 4.98. The molecule has 2 atom stereocenters. The van der Waals surface area contributed by atoms with E-state index in [1.807, 2.05) is 0 Å². The van der Waals surface area contributed by atoms with Crippen LogP contribution in [0.25, 0.3) is 0 Å². The van der Waals surface area contributed by atoms with Crippen LogP contribution >= 0.6 is 0 Å². The third-order valence-electron chi connectivity index (χ3n) is 3.37. The van der Waals surface area contributed by atoms with Gasteiger partial charge in [-0.3, -0.25) is 4.90 Å². The van der Waals surface area contributed by atoms with Gasteiger partial charge in [0.15, 0.2) is 0 Å². The molecular formula is C10H20N2O2. The van der Waals surface area contributed by atoms with Gasteiger partial charge in [0.25, 0.3) is 0 Å². The Bertz CT molecular complexity index is 204. The zero-order valence-electron chi connectivity index (χ0n) is 8.78. The van der Waals surface area contributed by atoms with Crippen molar-refractivity contribution in [2.45, 2.75) is 36.9 Å². The number of ether oxygens (including phenoxy) is 1. The van der Waals surface area contributed by atoms with Gasteiger partial charge in [0, 0.05) is 32.3 Å². The van der Waals surface area contributed by atoms with Gasteiger partial charge in [-0.05, 0) is 19.3 Å². The van der Waals surface area contributed by atoms with Crippen molar-refractivity contribution >= 4 is 0 Å². The molecule has 0 aromatic carbocycles. The highest BCUT2D eigenvalue weighted by Gasteiger charge is 2.45. The summed E-state index contributed by atoms with van der Waals surface area (Å²) in [6, 6.07) is 0.971. The predicted octanol–water partition coefficient (Wildman–Crippen LogP) is -0.441. The topological polar surface area (TPSA) is 58.7 Å². The summed E-state index contributed by atoms with van der Waals surface area (Å²) in [7, 11) is 1.63. The first-order valence-corrected chi connectivity index (χ1v) is 5.34. The van der Waals surface area contributed by atoms with Gasteiger partial charge in [0.2, 0.25) is 0 Å². The van der Waals surface area contributed by atoms with Gasteiger partial charge in [0.1, 0.15) is 5.60 Å². The Morgan fingerprint density at radius 1 is 1.50 bits per heavy atom. The molecule has 0 spiro atoms. The second-order valence-electron chi connectivity index (χ2n) is 4.79. The van der Waals surface area contributed by atoms with Crippen LogP contribution in [0.1, 0.15) is 19.3 Å². The highest BCUT2D eigenvalue weighted by Crippen LogP contribution is 2.31. The fraction of sp³-hybridized carbons (Fsp3) is 1.00. The standard InChI is InChI=1S/C10H20N2O2/c1-14-7-10(13)5-12(6-10)9-3-2-8(11)4-9/h8-9,13H,2-7,11H2,1H3. The quantitative estimate of drug-likeness (QED) is 0.648. The number of nitrogens with two attached hydrogens (primary N) is 1. The summed E-state index contributed by atoms with van der Waals surface area (Å²) >= 11 is 0. The molecule has 1 saturated heterocycles. The molecule has 1 saturated carbocycles. The maximum atomic E-state index is 9.91. The van der Waals surface area contributed by atoms with E-state index in [4.69, 9.17) is 10.5 Å². The molecule has 0 bridgehead atoms. The van der Waals surface area contributed by atoms with Gasteiger partial charge in [-0.25, -0.2) is 0 Å². The largest absolute Gasteiger partial charge is 0.385 e. The zero-order valence-corrected chi connectivity index (χ0v) is 8.78. The maximum absolute atomic E-state index is 9.91. The smallest absolute Gasteiger partial charge is 0.113 e. The van der Waals surface area contributed by atoms with E-state index in [-0.39, 0.29) is 0 Å². The van der Waals surface area contributed by atoms with E-state index in [9.17, 15) is 5.11 Å². The molecule has 1 aliphatic carbocycles. The van der Waals surface area contributed by atoms with E-state index in [2.05, 4.69) is 4.90 Å². The molecule has 14 heavy (non-hydrogen) atoms. The molecule has 2 unspecified atom stereocenters. The van der Waals surface area contributed by atoms with Crippen molar-refractivity contribution in [3.63, 3.8) is 0 Å². The van der Waals surface area contributed by atoms with Crippen LogP contribution in [0, 0.1) is 0 Å². The second kappa shape index (κ2) is 3.77. The average molecular weight is 200 g/mol. The van der Waals surface area contributed by atoms with E-state index in [0.29, 0.717) is 18.7 Å². The van der Waals surface area contributed by atoms with Crippen LogP contribution < -0.4 is 5.73 Å². The molecule has 0 aromatic heterocycles. The van der Waals surface area contributed by atoms with E-state index >= 15 is 0 Å². The van der Waals surface area contributed by atoms with Gasteiger partial charge < -0.3 is 15.6 Å². The minimum absolute atomic E-state index is 0.371. The molecule has 0 aromatic rings. The number of rotatable bonds is 3. The first-order chi connectivity index (χ1) is 6.63. The van der Waals surface area contributed by atoms with Crippen molar-refractivity contribution < 1.29 is 9.84 Å². The molecule has 1 aliphatic heterocycles. The Labute approximate surface area is 85.0 Å². The number of methoxy groups -OCH3 is 1. The van der Waals surface area contributed by atoms with Gasteiger partial charge >= 0.3 is 0 Å². The van der Waals surface area contributed by atoms with Gasteiger partial charge in [-0.15, -0.1) is 0 Å². The third kappa shape index (κ3) is 1.93. The molecule has 4 nitrogen and oxygen atoms in total. The lowest BCUT2D eigenvalue weighted by Crippen LogP contribution is -2.66. The van der Waals surface area contributed by atoms with E-state index in [0.717, 1.165) is 25.9 Å². The number of likely N-dealkylation sites (tertiary alicyclic amines) is 1. The average Bonchev–Trinajstić information content (AvgIpc) is 2.47. The number of hydrogen-bond acceptors (Lipinski definition) is 4. The molecular weight excluding hydrogens is 180 g/mol. The molecule has 0 radical (unpaired) electrons. The van der Waals surface area contributed by atoms with Crippen molar-refractivity contribution in [1.82, 2.24) is 4.90 Å². The summed E-state index contributed by atoms with van der Waals surface area (Å²) in [6.45, 7) is 1.94. The lowest BCUT2D eigenvalue weighted by molar-refractivity contribution is -0.145. The normalized spacial score (nSPS) is 37.1. The Balaban J connectivity index is 1.77. The summed E-state index contributed by atoms with van der Waals surface area (Å²) in [5, 5.41) is 9.91. The van der Waals surface area contributed by atoms with E-state index < -0.39 is 5.60 Å². The fourth-order valence-corrected chi connectivity index (χ4v) is 2.65. The van der Waals surface area contributed by atoms with Gasteiger partial charge in [-0.2, -0.15) is 0 Å².